The third kappa shape index (κ3) is 0.337. The van der Waals surface area contributed by atoms with E-state index in [1.54, 1.807) is 0 Å². The lowest BCUT2D eigenvalue weighted by molar-refractivity contribution is -0.0839. The molecule has 3 atom stereocenters. The molecule has 2 aliphatic carbocycles. The molecular formula is C8H13N. The Bertz CT molecular complexity index is 155. The smallest absolute Gasteiger partial charge is 0.0129 e. The highest BCUT2D eigenvalue weighted by atomic mass is 15.0. The lowest BCUT2D eigenvalue weighted by Gasteiger charge is -2.61. The summed E-state index contributed by atoms with van der Waals surface area (Å²) in [5.74, 6) is 1.15. The van der Waals surface area contributed by atoms with E-state index in [1.165, 1.54) is 32.2 Å². The maximum Gasteiger partial charge on any atom is 0.0129 e. The first kappa shape index (κ1) is 4.73. The Hall–Kier alpha value is -0.0400. The highest BCUT2D eigenvalue weighted by Gasteiger charge is 2.62. The Morgan fingerprint density at radius 1 is 1.33 bits per heavy atom. The van der Waals surface area contributed by atoms with Gasteiger partial charge in [0.2, 0.25) is 0 Å². The Kier molecular flexibility index (Phi) is 0.628. The van der Waals surface area contributed by atoms with Crippen molar-refractivity contribution in [3.63, 3.8) is 0 Å². The van der Waals surface area contributed by atoms with Crippen molar-refractivity contribution in [3.8, 4) is 0 Å². The first-order chi connectivity index (χ1) is 4.42. The molecular weight excluding hydrogens is 110 g/mol. The van der Waals surface area contributed by atoms with Crippen LogP contribution in [-0.4, -0.2) is 12.6 Å². The molecule has 3 rings (SSSR count). The second-order valence-electron chi connectivity index (χ2n) is 3.96. The summed E-state index contributed by atoms with van der Waals surface area (Å²) >= 11 is 0. The van der Waals surface area contributed by atoms with Crippen molar-refractivity contribution in [3.05, 3.63) is 0 Å². The van der Waals surface area contributed by atoms with Crippen LogP contribution in [0.25, 0.3) is 0 Å². The average Bonchev–Trinajstić information content (AvgIpc) is 2.23. The molecule has 0 bridgehead atoms. The van der Waals surface area contributed by atoms with E-state index in [-0.39, 0.29) is 0 Å². The molecule has 1 nitrogen and oxygen atoms in total. The van der Waals surface area contributed by atoms with Crippen molar-refractivity contribution in [2.45, 2.75) is 31.7 Å². The molecule has 1 spiro atoms. The Morgan fingerprint density at radius 3 is 2.78 bits per heavy atom. The fraction of sp³-hybridized carbons (Fsp3) is 1.00. The molecule has 1 heterocycles. The highest BCUT2D eigenvalue weighted by Crippen LogP contribution is 2.64. The van der Waals surface area contributed by atoms with Gasteiger partial charge in [-0.1, -0.05) is 0 Å². The second-order valence-corrected chi connectivity index (χ2v) is 3.96. The van der Waals surface area contributed by atoms with Crippen molar-refractivity contribution in [1.29, 1.82) is 0 Å². The summed E-state index contributed by atoms with van der Waals surface area (Å²) in [5, 5.41) is 3.58. The van der Waals surface area contributed by atoms with Crippen molar-refractivity contribution >= 4 is 0 Å². The van der Waals surface area contributed by atoms with Gasteiger partial charge in [0.15, 0.2) is 0 Å². The standard InChI is InChI=1S/C8H13N/c1-2-8-3-4-9-7(8)5-6(1)8/h6-7,9H,1-5H2. The highest BCUT2D eigenvalue weighted by molar-refractivity contribution is 5.15. The molecule has 0 aromatic heterocycles. The topological polar surface area (TPSA) is 12.0 Å². The van der Waals surface area contributed by atoms with Crippen molar-refractivity contribution < 1.29 is 0 Å². The fourth-order valence-corrected chi connectivity index (χ4v) is 3.16. The van der Waals surface area contributed by atoms with E-state index in [1.807, 2.05) is 0 Å². The summed E-state index contributed by atoms with van der Waals surface area (Å²) in [6, 6.07) is 0.955. The van der Waals surface area contributed by atoms with Crippen LogP contribution in [0.5, 0.6) is 0 Å². The van der Waals surface area contributed by atoms with Gasteiger partial charge in [0, 0.05) is 6.04 Å². The first-order valence-corrected chi connectivity index (χ1v) is 4.15. The number of rotatable bonds is 0. The molecule has 0 radical (unpaired) electrons. The molecule has 0 aromatic carbocycles. The summed E-state index contributed by atoms with van der Waals surface area (Å²) in [6.45, 7) is 1.31. The molecule has 3 fully saturated rings. The van der Waals surface area contributed by atoms with Gasteiger partial charge >= 0.3 is 0 Å². The molecule has 1 heteroatoms. The van der Waals surface area contributed by atoms with E-state index in [0.29, 0.717) is 0 Å². The maximum absolute atomic E-state index is 3.58. The van der Waals surface area contributed by atoms with Crippen LogP contribution in [0.3, 0.4) is 0 Å². The summed E-state index contributed by atoms with van der Waals surface area (Å²) in [6.07, 6.45) is 6.07. The molecule has 1 saturated heterocycles. The van der Waals surface area contributed by atoms with Gasteiger partial charge < -0.3 is 5.32 Å². The zero-order valence-corrected chi connectivity index (χ0v) is 5.69. The third-order valence-corrected chi connectivity index (χ3v) is 3.97. The zero-order chi connectivity index (χ0) is 5.90. The van der Waals surface area contributed by atoms with Crippen LogP contribution >= 0.6 is 0 Å². The molecule has 1 N–H and O–H groups in total. The largest absolute Gasteiger partial charge is 0.313 e. The predicted octanol–water partition coefficient (Wildman–Crippen LogP) is 1.15. The Labute approximate surface area is 55.8 Å². The van der Waals surface area contributed by atoms with Crippen LogP contribution < -0.4 is 5.32 Å². The average molecular weight is 123 g/mol. The third-order valence-electron chi connectivity index (χ3n) is 3.97. The van der Waals surface area contributed by atoms with Gasteiger partial charge in [-0.15, -0.1) is 0 Å². The minimum absolute atomic E-state index is 0.861. The Balaban J connectivity index is 1.95. The minimum Gasteiger partial charge on any atom is -0.313 e. The van der Waals surface area contributed by atoms with Gasteiger partial charge in [-0.3, -0.25) is 0 Å². The predicted molar refractivity (Wildman–Crippen MR) is 36.2 cm³/mol. The van der Waals surface area contributed by atoms with Crippen molar-refractivity contribution in [1.82, 2.24) is 5.32 Å². The first-order valence-electron chi connectivity index (χ1n) is 4.15. The fourth-order valence-electron chi connectivity index (χ4n) is 3.16. The minimum atomic E-state index is 0.861. The molecule has 9 heavy (non-hydrogen) atoms. The summed E-state index contributed by atoms with van der Waals surface area (Å²) in [7, 11) is 0. The molecule has 1 aliphatic heterocycles. The summed E-state index contributed by atoms with van der Waals surface area (Å²) < 4.78 is 0. The molecule has 3 unspecified atom stereocenters. The SMILES string of the molecule is C1CC23CCC2CC3N1. The van der Waals surface area contributed by atoms with Gasteiger partial charge in [-0.05, 0) is 43.6 Å². The lowest BCUT2D eigenvalue weighted by atomic mass is 9.45. The molecule has 2 saturated carbocycles. The van der Waals surface area contributed by atoms with Gasteiger partial charge in [0.05, 0.1) is 0 Å². The van der Waals surface area contributed by atoms with E-state index in [4.69, 9.17) is 0 Å². The number of nitrogens with one attached hydrogen (secondary N) is 1. The molecule has 0 aromatic rings. The van der Waals surface area contributed by atoms with Crippen molar-refractivity contribution in [2.24, 2.45) is 11.3 Å². The van der Waals surface area contributed by atoms with Crippen LogP contribution in [0, 0.1) is 11.3 Å². The van der Waals surface area contributed by atoms with Gasteiger partial charge in [0.25, 0.3) is 0 Å². The van der Waals surface area contributed by atoms with Gasteiger partial charge in [0.1, 0.15) is 0 Å². The van der Waals surface area contributed by atoms with Crippen molar-refractivity contribution in [2.75, 3.05) is 6.54 Å². The van der Waals surface area contributed by atoms with E-state index in [0.717, 1.165) is 17.4 Å². The zero-order valence-electron chi connectivity index (χ0n) is 5.69. The van der Waals surface area contributed by atoms with E-state index in [9.17, 15) is 0 Å². The quantitative estimate of drug-likeness (QED) is 0.509. The van der Waals surface area contributed by atoms with Crippen LogP contribution in [0.15, 0.2) is 0 Å². The Morgan fingerprint density at radius 2 is 2.33 bits per heavy atom. The van der Waals surface area contributed by atoms with Crippen LogP contribution in [0.1, 0.15) is 25.7 Å². The molecule has 0 amide bonds. The van der Waals surface area contributed by atoms with Gasteiger partial charge in [-0.2, -0.15) is 0 Å². The second kappa shape index (κ2) is 1.20. The number of hydrogen-bond donors (Lipinski definition) is 1. The summed E-state index contributed by atoms with van der Waals surface area (Å²) in [5.41, 5.74) is 0.861. The maximum atomic E-state index is 3.58. The molecule has 50 valence electrons. The van der Waals surface area contributed by atoms with Crippen LogP contribution in [0.2, 0.25) is 0 Å². The lowest BCUT2D eigenvalue weighted by Crippen LogP contribution is -2.59. The van der Waals surface area contributed by atoms with Crippen LogP contribution in [0.4, 0.5) is 0 Å². The number of hydrogen-bond acceptors (Lipinski definition) is 1. The normalized spacial score (nSPS) is 61.3. The van der Waals surface area contributed by atoms with E-state index < -0.39 is 0 Å². The molecule has 3 aliphatic rings. The van der Waals surface area contributed by atoms with E-state index >= 15 is 0 Å². The van der Waals surface area contributed by atoms with Gasteiger partial charge in [-0.25, -0.2) is 0 Å². The monoisotopic (exact) mass is 123 g/mol. The van der Waals surface area contributed by atoms with E-state index in [2.05, 4.69) is 5.32 Å². The summed E-state index contributed by atoms with van der Waals surface area (Å²) in [4.78, 5) is 0. The van der Waals surface area contributed by atoms with Crippen LogP contribution in [-0.2, 0) is 0 Å².